The van der Waals surface area contributed by atoms with Crippen LogP contribution in [0.5, 0.6) is 0 Å². The first-order chi connectivity index (χ1) is 15.2. The number of nitrogens with two attached hydrogens (primary N) is 1. The fourth-order valence-corrected chi connectivity index (χ4v) is 4.79. The molecule has 1 amide bonds. The molecule has 0 spiro atoms. The van der Waals surface area contributed by atoms with Gasteiger partial charge in [-0.05, 0) is 66.0 Å². The second-order valence-electron chi connectivity index (χ2n) is 9.53. The molecule has 0 saturated heterocycles. The molecule has 2 atom stereocenters. The van der Waals surface area contributed by atoms with Crippen molar-refractivity contribution in [2.24, 2.45) is 5.14 Å². The lowest BCUT2D eigenvalue weighted by atomic mass is 10.0. The number of aromatic nitrogens is 3. The lowest BCUT2D eigenvalue weighted by Crippen LogP contribution is -2.33. The SMILES string of the molecule is CC(C)NC(=O)O[C@@H]1CC[C@H](c2cc(Nc3ccc(S(N)(=O)=O)c(Cl)n3)n(C(C)(C)C)n2)C1. The zero-order chi connectivity index (χ0) is 24.6. The molecule has 4 N–H and O–H groups in total. The van der Waals surface area contributed by atoms with Gasteiger partial charge < -0.3 is 15.4 Å². The van der Waals surface area contributed by atoms with Crippen molar-refractivity contribution < 1.29 is 17.9 Å². The van der Waals surface area contributed by atoms with Crippen molar-refractivity contribution in [3.63, 3.8) is 0 Å². The number of carbonyl (C=O) groups is 1. The number of primary sulfonamides is 1. The second kappa shape index (κ2) is 9.47. The summed E-state index contributed by atoms with van der Waals surface area (Å²) in [5, 5.41) is 15.7. The minimum Gasteiger partial charge on any atom is -0.446 e. The maximum Gasteiger partial charge on any atom is 0.407 e. The Morgan fingerprint density at radius 2 is 2.00 bits per heavy atom. The number of hydrogen-bond donors (Lipinski definition) is 3. The molecule has 33 heavy (non-hydrogen) atoms. The Balaban J connectivity index is 1.80. The van der Waals surface area contributed by atoms with Gasteiger partial charge in [0.1, 0.15) is 22.6 Å². The van der Waals surface area contributed by atoms with Crippen LogP contribution in [0.4, 0.5) is 16.4 Å². The number of rotatable bonds is 6. The fourth-order valence-electron chi connectivity index (χ4n) is 3.77. The summed E-state index contributed by atoms with van der Waals surface area (Å²) in [7, 11) is -3.96. The predicted molar refractivity (Wildman–Crippen MR) is 126 cm³/mol. The standard InChI is InChI=1S/C21H31ClN6O4S/c1-12(2)24-20(29)32-14-7-6-13(10-14)15-11-18(28(27-15)21(3,4)5)25-17-9-8-16(19(22)26-17)33(23,30)31/h8-9,11-14H,6-7,10H2,1-5H3,(H,24,29)(H,25,26)(H2,23,30,31)/t13-,14+/m0/s1. The molecule has 182 valence electrons. The molecule has 0 unspecified atom stereocenters. The van der Waals surface area contributed by atoms with Crippen LogP contribution in [0.1, 0.15) is 65.5 Å². The van der Waals surface area contributed by atoms with Crippen molar-refractivity contribution in [3.05, 3.63) is 29.0 Å². The van der Waals surface area contributed by atoms with Crippen LogP contribution in [0.25, 0.3) is 0 Å². The molecule has 0 aromatic carbocycles. The van der Waals surface area contributed by atoms with Crippen LogP contribution in [-0.4, -0.2) is 41.4 Å². The highest BCUT2D eigenvalue weighted by atomic mass is 35.5. The summed E-state index contributed by atoms with van der Waals surface area (Å²) in [5.41, 5.74) is 0.548. The maximum absolute atomic E-state index is 11.9. The van der Waals surface area contributed by atoms with E-state index >= 15 is 0 Å². The van der Waals surface area contributed by atoms with Crippen LogP contribution >= 0.6 is 11.6 Å². The molecule has 1 fully saturated rings. The van der Waals surface area contributed by atoms with Crippen molar-refractivity contribution in [1.29, 1.82) is 0 Å². The number of nitrogens with zero attached hydrogens (tertiary/aromatic N) is 3. The van der Waals surface area contributed by atoms with Gasteiger partial charge in [-0.25, -0.2) is 28.0 Å². The minimum absolute atomic E-state index is 0.0203. The Morgan fingerprint density at radius 1 is 1.30 bits per heavy atom. The first-order valence-electron chi connectivity index (χ1n) is 10.8. The molecule has 0 radical (unpaired) electrons. The normalized spacial score (nSPS) is 19.0. The highest BCUT2D eigenvalue weighted by Crippen LogP contribution is 2.38. The number of alkyl carbamates (subject to hydrolysis) is 1. The number of anilines is 2. The Labute approximate surface area is 199 Å². The van der Waals surface area contributed by atoms with E-state index in [9.17, 15) is 13.2 Å². The van der Waals surface area contributed by atoms with Crippen LogP contribution in [0.15, 0.2) is 23.1 Å². The van der Waals surface area contributed by atoms with Crippen molar-refractivity contribution >= 4 is 39.4 Å². The van der Waals surface area contributed by atoms with Gasteiger partial charge in [0, 0.05) is 18.0 Å². The quantitative estimate of drug-likeness (QED) is 0.513. The highest BCUT2D eigenvalue weighted by molar-refractivity contribution is 7.89. The zero-order valence-electron chi connectivity index (χ0n) is 19.4. The topological polar surface area (TPSA) is 141 Å². The van der Waals surface area contributed by atoms with Crippen molar-refractivity contribution in [3.8, 4) is 0 Å². The van der Waals surface area contributed by atoms with E-state index in [1.807, 2.05) is 45.4 Å². The van der Waals surface area contributed by atoms with E-state index in [-0.39, 0.29) is 33.7 Å². The lowest BCUT2D eigenvalue weighted by Gasteiger charge is -2.22. The van der Waals surface area contributed by atoms with E-state index in [2.05, 4.69) is 15.6 Å². The number of halogens is 1. The number of ether oxygens (including phenoxy) is 1. The number of pyridine rings is 1. The van der Waals surface area contributed by atoms with Gasteiger partial charge in [0.2, 0.25) is 10.0 Å². The number of nitrogens with one attached hydrogen (secondary N) is 2. The van der Waals surface area contributed by atoms with E-state index in [1.165, 1.54) is 12.1 Å². The Hall–Kier alpha value is -2.37. The van der Waals surface area contributed by atoms with E-state index in [4.69, 9.17) is 26.6 Å². The molecule has 0 bridgehead atoms. The molecule has 0 aliphatic heterocycles. The molecule has 1 aliphatic carbocycles. The first-order valence-corrected chi connectivity index (χ1v) is 12.7. The summed E-state index contributed by atoms with van der Waals surface area (Å²) in [6.45, 7) is 9.84. The van der Waals surface area contributed by atoms with Crippen LogP contribution in [0.2, 0.25) is 5.15 Å². The van der Waals surface area contributed by atoms with Gasteiger partial charge >= 0.3 is 6.09 Å². The van der Waals surface area contributed by atoms with E-state index in [1.54, 1.807) is 0 Å². The summed E-state index contributed by atoms with van der Waals surface area (Å²) >= 11 is 6.03. The molecular formula is C21H31ClN6O4S. The predicted octanol–water partition coefficient (Wildman–Crippen LogP) is 3.85. The first kappa shape index (κ1) is 25.3. The van der Waals surface area contributed by atoms with Crippen LogP contribution in [-0.2, 0) is 20.3 Å². The third kappa shape index (κ3) is 6.36. The van der Waals surface area contributed by atoms with Crippen molar-refractivity contribution in [2.75, 3.05) is 5.32 Å². The lowest BCUT2D eigenvalue weighted by molar-refractivity contribution is 0.0981. The Bertz CT molecular complexity index is 1130. The summed E-state index contributed by atoms with van der Waals surface area (Å²) in [4.78, 5) is 15.8. The number of hydrogen-bond acceptors (Lipinski definition) is 7. The third-order valence-electron chi connectivity index (χ3n) is 5.22. The Kier molecular flexibility index (Phi) is 7.25. The number of carbonyl (C=O) groups excluding carboxylic acids is 1. The molecule has 10 nitrogen and oxygen atoms in total. The molecule has 1 saturated carbocycles. The van der Waals surface area contributed by atoms with Crippen LogP contribution in [0.3, 0.4) is 0 Å². The molecule has 1 aliphatic rings. The zero-order valence-corrected chi connectivity index (χ0v) is 21.0. The average Bonchev–Trinajstić information content (AvgIpc) is 3.26. The summed E-state index contributed by atoms with van der Waals surface area (Å²) < 4.78 is 30.6. The van der Waals surface area contributed by atoms with Gasteiger partial charge in [0.05, 0.1) is 11.2 Å². The van der Waals surface area contributed by atoms with Gasteiger partial charge in [-0.1, -0.05) is 11.6 Å². The van der Waals surface area contributed by atoms with Crippen molar-refractivity contribution in [2.45, 2.75) is 82.4 Å². The van der Waals surface area contributed by atoms with Gasteiger partial charge in [0.25, 0.3) is 0 Å². The van der Waals surface area contributed by atoms with E-state index in [0.29, 0.717) is 18.1 Å². The second-order valence-corrected chi connectivity index (χ2v) is 11.4. The molecule has 12 heteroatoms. The molecule has 2 aromatic heterocycles. The van der Waals surface area contributed by atoms with Gasteiger partial charge in [-0.3, -0.25) is 0 Å². The third-order valence-corrected chi connectivity index (χ3v) is 6.57. The van der Waals surface area contributed by atoms with Crippen LogP contribution < -0.4 is 15.8 Å². The monoisotopic (exact) mass is 498 g/mol. The van der Waals surface area contributed by atoms with Gasteiger partial charge in [-0.15, -0.1) is 0 Å². The minimum atomic E-state index is -3.96. The van der Waals surface area contributed by atoms with Gasteiger partial charge in [-0.2, -0.15) is 5.10 Å². The van der Waals surface area contributed by atoms with Crippen LogP contribution in [0, 0.1) is 0 Å². The molecule has 2 aromatic rings. The fraction of sp³-hybridized carbons (Fsp3) is 0.571. The summed E-state index contributed by atoms with van der Waals surface area (Å²) in [5.74, 6) is 1.20. The summed E-state index contributed by atoms with van der Waals surface area (Å²) in [6, 6.07) is 4.77. The number of sulfonamides is 1. The van der Waals surface area contributed by atoms with E-state index < -0.39 is 16.1 Å². The number of amides is 1. The molecule has 2 heterocycles. The summed E-state index contributed by atoms with van der Waals surface area (Å²) in [6.07, 6.45) is 1.76. The maximum atomic E-state index is 11.9. The van der Waals surface area contributed by atoms with E-state index in [0.717, 1.165) is 18.5 Å². The Morgan fingerprint density at radius 3 is 2.58 bits per heavy atom. The highest BCUT2D eigenvalue weighted by Gasteiger charge is 2.32. The average molecular weight is 499 g/mol. The largest absolute Gasteiger partial charge is 0.446 e. The molecule has 3 rings (SSSR count). The smallest absolute Gasteiger partial charge is 0.407 e. The van der Waals surface area contributed by atoms with Crippen molar-refractivity contribution in [1.82, 2.24) is 20.1 Å². The molecular weight excluding hydrogens is 468 g/mol. The van der Waals surface area contributed by atoms with Gasteiger partial charge in [0.15, 0.2) is 5.15 Å².